The zero-order chi connectivity index (χ0) is 13.7. The van der Waals surface area contributed by atoms with Crippen molar-refractivity contribution in [3.8, 4) is 0 Å². The van der Waals surface area contributed by atoms with Gasteiger partial charge in [-0.3, -0.25) is 0 Å². The van der Waals surface area contributed by atoms with Crippen molar-refractivity contribution < 1.29 is 0 Å². The molecule has 0 saturated carbocycles. The van der Waals surface area contributed by atoms with E-state index in [1.807, 2.05) is 24.3 Å². The highest BCUT2D eigenvalue weighted by Gasteiger charge is 2.02. The Morgan fingerprint density at radius 1 is 1.32 bits per heavy atom. The average Bonchev–Trinajstić information content (AvgIpc) is 2.41. The Balaban J connectivity index is 2.11. The summed E-state index contributed by atoms with van der Waals surface area (Å²) in [5, 5.41) is 7.04. The lowest BCUT2D eigenvalue weighted by Gasteiger charge is -2.08. The highest BCUT2D eigenvalue weighted by molar-refractivity contribution is 9.10. The fourth-order valence-corrected chi connectivity index (χ4v) is 1.97. The lowest BCUT2D eigenvalue weighted by Crippen LogP contribution is -2.05. The van der Waals surface area contributed by atoms with Crippen LogP contribution in [-0.2, 0) is 0 Å². The van der Waals surface area contributed by atoms with Crippen molar-refractivity contribution in [3.63, 3.8) is 0 Å². The van der Waals surface area contributed by atoms with E-state index in [-0.39, 0.29) is 0 Å². The van der Waals surface area contributed by atoms with Crippen LogP contribution in [0.1, 0.15) is 13.3 Å². The first kappa shape index (κ1) is 14.1. The third-order valence-corrected chi connectivity index (χ3v) is 3.59. The molecule has 0 spiro atoms. The highest BCUT2D eigenvalue weighted by atomic mass is 79.9. The SMILES string of the molecule is CCCNc1nccc(Nc2ccc(Cl)c(Br)c2)n1. The van der Waals surface area contributed by atoms with Crippen LogP contribution in [0.4, 0.5) is 17.5 Å². The van der Waals surface area contributed by atoms with Crippen molar-refractivity contribution in [2.75, 3.05) is 17.2 Å². The van der Waals surface area contributed by atoms with E-state index in [1.165, 1.54) is 0 Å². The number of anilines is 3. The van der Waals surface area contributed by atoms with Gasteiger partial charge in [-0.15, -0.1) is 0 Å². The Labute approximate surface area is 125 Å². The van der Waals surface area contributed by atoms with Gasteiger partial charge in [-0.1, -0.05) is 18.5 Å². The lowest BCUT2D eigenvalue weighted by molar-refractivity contribution is 0.953. The number of halogens is 2. The van der Waals surface area contributed by atoms with Crippen LogP contribution >= 0.6 is 27.5 Å². The third kappa shape index (κ3) is 4.08. The zero-order valence-electron chi connectivity index (χ0n) is 10.5. The molecule has 1 heterocycles. The highest BCUT2D eigenvalue weighted by Crippen LogP contribution is 2.26. The summed E-state index contributed by atoms with van der Waals surface area (Å²) >= 11 is 9.35. The lowest BCUT2D eigenvalue weighted by atomic mass is 10.3. The molecule has 0 aliphatic rings. The summed E-state index contributed by atoms with van der Waals surface area (Å²) in [7, 11) is 0. The largest absolute Gasteiger partial charge is 0.354 e. The Morgan fingerprint density at radius 2 is 2.16 bits per heavy atom. The van der Waals surface area contributed by atoms with E-state index in [0.717, 1.165) is 28.9 Å². The van der Waals surface area contributed by atoms with E-state index in [4.69, 9.17) is 11.6 Å². The Kier molecular flexibility index (Phi) is 4.99. The van der Waals surface area contributed by atoms with Crippen LogP contribution in [0.3, 0.4) is 0 Å². The van der Waals surface area contributed by atoms with Crippen molar-refractivity contribution in [2.24, 2.45) is 0 Å². The van der Waals surface area contributed by atoms with Crippen molar-refractivity contribution in [1.29, 1.82) is 0 Å². The quantitative estimate of drug-likeness (QED) is 0.843. The molecule has 0 bridgehead atoms. The van der Waals surface area contributed by atoms with Gasteiger partial charge < -0.3 is 10.6 Å². The van der Waals surface area contributed by atoms with Gasteiger partial charge in [0.15, 0.2) is 0 Å². The van der Waals surface area contributed by atoms with Gasteiger partial charge >= 0.3 is 0 Å². The van der Waals surface area contributed by atoms with Gasteiger partial charge in [-0.05, 0) is 46.6 Å². The molecule has 0 aliphatic heterocycles. The smallest absolute Gasteiger partial charge is 0.224 e. The maximum atomic E-state index is 5.96. The molecule has 6 heteroatoms. The van der Waals surface area contributed by atoms with Crippen molar-refractivity contribution in [1.82, 2.24) is 9.97 Å². The molecular formula is C13H14BrClN4. The monoisotopic (exact) mass is 340 g/mol. The Morgan fingerprint density at radius 3 is 2.89 bits per heavy atom. The standard InChI is InChI=1S/C13H14BrClN4/c1-2-6-16-13-17-7-5-12(19-13)18-9-3-4-11(15)10(14)8-9/h3-5,7-8H,2,6H2,1H3,(H2,16,17,18,19). The molecule has 1 aromatic carbocycles. The number of nitrogens with zero attached hydrogens (tertiary/aromatic N) is 2. The topological polar surface area (TPSA) is 49.8 Å². The van der Waals surface area contributed by atoms with E-state index in [9.17, 15) is 0 Å². The molecule has 1 aromatic heterocycles. The first-order valence-electron chi connectivity index (χ1n) is 5.98. The first-order chi connectivity index (χ1) is 9.19. The van der Waals surface area contributed by atoms with Crippen molar-refractivity contribution in [3.05, 3.63) is 40.0 Å². The molecule has 0 radical (unpaired) electrons. The molecule has 19 heavy (non-hydrogen) atoms. The molecule has 4 nitrogen and oxygen atoms in total. The van der Waals surface area contributed by atoms with Gasteiger partial charge in [0, 0.05) is 22.9 Å². The van der Waals surface area contributed by atoms with Crippen LogP contribution in [-0.4, -0.2) is 16.5 Å². The van der Waals surface area contributed by atoms with Gasteiger partial charge in [0.25, 0.3) is 0 Å². The number of hydrogen-bond donors (Lipinski definition) is 2. The minimum Gasteiger partial charge on any atom is -0.354 e. The maximum absolute atomic E-state index is 5.96. The summed E-state index contributed by atoms with van der Waals surface area (Å²) in [6.45, 7) is 2.95. The van der Waals surface area contributed by atoms with E-state index in [2.05, 4.69) is 43.5 Å². The number of aromatic nitrogens is 2. The summed E-state index contributed by atoms with van der Waals surface area (Å²) in [5.41, 5.74) is 0.913. The second-order valence-corrected chi connectivity index (χ2v) is 5.21. The predicted molar refractivity (Wildman–Crippen MR) is 83.2 cm³/mol. The number of benzene rings is 1. The van der Waals surface area contributed by atoms with E-state index in [1.54, 1.807) is 6.20 Å². The molecule has 100 valence electrons. The van der Waals surface area contributed by atoms with E-state index in [0.29, 0.717) is 11.0 Å². The van der Waals surface area contributed by atoms with Crippen LogP contribution in [0.5, 0.6) is 0 Å². The summed E-state index contributed by atoms with van der Waals surface area (Å²) in [6, 6.07) is 7.45. The fraction of sp³-hybridized carbons (Fsp3) is 0.231. The average molecular weight is 342 g/mol. The molecule has 2 N–H and O–H groups in total. The summed E-state index contributed by atoms with van der Waals surface area (Å²) < 4.78 is 0.845. The van der Waals surface area contributed by atoms with Crippen molar-refractivity contribution in [2.45, 2.75) is 13.3 Å². The van der Waals surface area contributed by atoms with E-state index < -0.39 is 0 Å². The molecule has 0 saturated heterocycles. The molecule has 0 aliphatic carbocycles. The van der Waals surface area contributed by atoms with E-state index >= 15 is 0 Å². The van der Waals surface area contributed by atoms with Crippen molar-refractivity contribution >= 4 is 45.0 Å². The number of hydrogen-bond acceptors (Lipinski definition) is 4. The van der Waals surface area contributed by atoms with Crippen LogP contribution in [0.15, 0.2) is 34.9 Å². The minimum absolute atomic E-state index is 0.625. The van der Waals surface area contributed by atoms with Crippen LogP contribution in [0, 0.1) is 0 Å². The van der Waals surface area contributed by atoms with Crippen LogP contribution in [0.2, 0.25) is 5.02 Å². The molecular weight excluding hydrogens is 328 g/mol. The number of nitrogens with one attached hydrogen (secondary N) is 2. The summed E-state index contributed by atoms with van der Waals surface area (Å²) in [6.07, 6.45) is 2.75. The van der Waals surface area contributed by atoms with Gasteiger partial charge in [0.1, 0.15) is 5.82 Å². The second kappa shape index (κ2) is 6.73. The molecule has 0 amide bonds. The summed E-state index contributed by atoms with van der Waals surface area (Å²) in [5.74, 6) is 1.36. The molecule has 0 atom stereocenters. The number of rotatable bonds is 5. The van der Waals surface area contributed by atoms with Gasteiger partial charge in [0.05, 0.1) is 5.02 Å². The minimum atomic E-state index is 0.625. The third-order valence-electron chi connectivity index (χ3n) is 2.38. The molecule has 0 fully saturated rings. The van der Waals surface area contributed by atoms with Gasteiger partial charge in [0.2, 0.25) is 5.95 Å². The van der Waals surface area contributed by atoms with Crippen LogP contribution in [0.25, 0.3) is 0 Å². The normalized spacial score (nSPS) is 10.3. The first-order valence-corrected chi connectivity index (χ1v) is 7.15. The predicted octanol–water partition coefficient (Wildman–Crippen LogP) is 4.46. The summed E-state index contributed by atoms with van der Waals surface area (Å²) in [4.78, 5) is 8.53. The van der Waals surface area contributed by atoms with Gasteiger partial charge in [-0.25, -0.2) is 4.98 Å². The Hall–Kier alpha value is -1.33. The zero-order valence-corrected chi connectivity index (χ0v) is 12.8. The maximum Gasteiger partial charge on any atom is 0.224 e. The molecule has 0 unspecified atom stereocenters. The Bertz CT molecular complexity index is 562. The van der Waals surface area contributed by atoms with Gasteiger partial charge in [-0.2, -0.15) is 4.98 Å². The molecule has 2 rings (SSSR count). The van der Waals surface area contributed by atoms with Crippen LogP contribution < -0.4 is 10.6 Å². The second-order valence-electron chi connectivity index (χ2n) is 3.95. The fourth-order valence-electron chi connectivity index (χ4n) is 1.47. The molecule has 2 aromatic rings.